The van der Waals surface area contributed by atoms with Gasteiger partial charge in [0.05, 0.1) is 11.9 Å². The Morgan fingerprint density at radius 3 is 2.00 bits per heavy atom. The summed E-state index contributed by atoms with van der Waals surface area (Å²) in [7, 11) is -3.81. The second-order valence-electron chi connectivity index (χ2n) is 9.80. The number of nitrogens with zero attached hydrogens (tertiary/aromatic N) is 2. The lowest BCUT2D eigenvalue weighted by molar-refractivity contribution is -0.140. The number of halogens is 2. The zero-order chi connectivity index (χ0) is 27.9. The first-order valence-corrected chi connectivity index (χ1v) is 14.9. The van der Waals surface area contributed by atoms with Crippen LogP contribution in [0.15, 0.2) is 42.5 Å². The van der Waals surface area contributed by atoms with Gasteiger partial charge in [0, 0.05) is 28.7 Å². The molecule has 2 rings (SSSR count). The Morgan fingerprint density at radius 2 is 1.54 bits per heavy atom. The molecule has 204 valence electrons. The van der Waals surface area contributed by atoms with Gasteiger partial charge in [-0.2, -0.15) is 0 Å². The van der Waals surface area contributed by atoms with Gasteiger partial charge < -0.3 is 10.2 Å². The van der Waals surface area contributed by atoms with Crippen molar-refractivity contribution in [3.8, 4) is 0 Å². The molecular formula is C27H37Cl2N3O4S. The fraction of sp³-hybridized carbons (Fsp3) is 0.481. The zero-order valence-corrected chi connectivity index (χ0v) is 24.6. The SMILES string of the molecule is CC[C@@H](C(=O)NCC(C)C)N(Cc1c(Cl)cccc1Cl)C(=O)CN(c1ccc(C(C)C)cc1)S(C)(=O)=O. The average Bonchev–Trinajstić information content (AvgIpc) is 2.82. The molecule has 0 unspecified atom stereocenters. The van der Waals surface area contributed by atoms with Crippen LogP contribution in [0.2, 0.25) is 10.0 Å². The first-order valence-electron chi connectivity index (χ1n) is 12.3. The van der Waals surface area contributed by atoms with Crippen molar-refractivity contribution in [2.45, 2.75) is 59.5 Å². The van der Waals surface area contributed by atoms with Crippen molar-refractivity contribution in [2.24, 2.45) is 5.92 Å². The van der Waals surface area contributed by atoms with Crippen molar-refractivity contribution < 1.29 is 18.0 Å². The standard InChI is InChI=1S/C27H37Cl2N3O4S/c1-7-25(27(34)30-15-18(2)3)31(16-22-23(28)9-8-10-24(22)29)26(33)17-32(37(6,35)36)21-13-11-20(12-14-21)19(4)5/h8-14,18-19,25H,7,15-17H2,1-6H3,(H,30,34)/t25-/m0/s1. The van der Waals surface area contributed by atoms with Gasteiger partial charge in [-0.25, -0.2) is 8.42 Å². The number of nitrogens with one attached hydrogen (secondary N) is 1. The van der Waals surface area contributed by atoms with Gasteiger partial charge >= 0.3 is 0 Å². The van der Waals surface area contributed by atoms with Crippen LogP contribution in [-0.4, -0.2) is 50.5 Å². The average molecular weight is 571 g/mol. The van der Waals surface area contributed by atoms with E-state index in [-0.39, 0.29) is 24.3 Å². The van der Waals surface area contributed by atoms with E-state index in [9.17, 15) is 18.0 Å². The van der Waals surface area contributed by atoms with Crippen molar-refractivity contribution in [3.63, 3.8) is 0 Å². The zero-order valence-electron chi connectivity index (χ0n) is 22.3. The molecule has 2 amide bonds. The number of carbonyl (C=O) groups excluding carboxylic acids is 2. The Hall–Kier alpha value is -2.29. The molecule has 1 atom stereocenters. The Kier molecular flexibility index (Phi) is 11.3. The van der Waals surface area contributed by atoms with E-state index in [4.69, 9.17) is 23.2 Å². The number of carbonyl (C=O) groups is 2. The minimum atomic E-state index is -3.81. The number of benzene rings is 2. The molecule has 0 heterocycles. The fourth-order valence-electron chi connectivity index (χ4n) is 3.83. The highest BCUT2D eigenvalue weighted by molar-refractivity contribution is 7.92. The molecule has 0 fully saturated rings. The van der Waals surface area contributed by atoms with Crippen molar-refractivity contribution in [1.82, 2.24) is 10.2 Å². The molecule has 0 spiro atoms. The Balaban J connectivity index is 2.48. The highest BCUT2D eigenvalue weighted by Crippen LogP contribution is 2.28. The van der Waals surface area contributed by atoms with Crippen LogP contribution in [0.4, 0.5) is 5.69 Å². The quantitative estimate of drug-likeness (QED) is 0.367. The third-order valence-corrected chi connectivity index (χ3v) is 7.84. The third-order valence-electron chi connectivity index (χ3n) is 5.99. The summed E-state index contributed by atoms with van der Waals surface area (Å²) in [6.07, 6.45) is 1.37. The van der Waals surface area contributed by atoms with Gasteiger partial charge in [-0.05, 0) is 48.1 Å². The Bertz CT molecular complexity index is 1160. The normalized spacial score (nSPS) is 12.5. The molecule has 0 saturated carbocycles. The van der Waals surface area contributed by atoms with Gasteiger partial charge in [0.15, 0.2) is 0 Å². The maximum Gasteiger partial charge on any atom is 0.244 e. The van der Waals surface area contributed by atoms with Crippen LogP contribution < -0.4 is 9.62 Å². The lowest BCUT2D eigenvalue weighted by atomic mass is 10.0. The summed E-state index contributed by atoms with van der Waals surface area (Å²) in [6.45, 7) is 9.75. The summed E-state index contributed by atoms with van der Waals surface area (Å²) in [5.74, 6) is -0.369. The van der Waals surface area contributed by atoms with Gasteiger partial charge in [-0.1, -0.05) is 76.0 Å². The first kappa shape index (κ1) is 30.9. The number of rotatable bonds is 12. The maximum absolute atomic E-state index is 13.8. The molecule has 7 nitrogen and oxygen atoms in total. The molecule has 2 aromatic carbocycles. The summed E-state index contributed by atoms with van der Waals surface area (Å²) < 4.78 is 26.6. The van der Waals surface area contributed by atoms with E-state index in [1.54, 1.807) is 37.3 Å². The van der Waals surface area contributed by atoms with E-state index in [2.05, 4.69) is 5.32 Å². The minimum absolute atomic E-state index is 0.0468. The van der Waals surface area contributed by atoms with Gasteiger partial charge in [-0.3, -0.25) is 13.9 Å². The summed E-state index contributed by atoms with van der Waals surface area (Å²) in [4.78, 5) is 28.3. The fourth-order valence-corrected chi connectivity index (χ4v) is 5.20. The predicted molar refractivity (Wildman–Crippen MR) is 152 cm³/mol. The summed E-state index contributed by atoms with van der Waals surface area (Å²) in [5.41, 5.74) is 1.90. The molecule has 0 aliphatic rings. The molecule has 0 aromatic heterocycles. The lowest BCUT2D eigenvalue weighted by Gasteiger charge is -2.33. The first-order chi connectivity index (χ1) is 17.3. The van der Waals surface area contributed by atoms with E-state index in [1.807, 2.05) is 39.8 Å². The van der Waals surface area contributed by atoms with Crippen LogP contribution >= 0.6 is 23.2 Å². The molecule has 0 bridgehead atoms. The topological polar surface area (TPSA) is 86.8 Å². The second-order valence-corrected chi connectivity index (χ2v) is 12.5. The number of sulfonamides is 1. The number of hydrogen-bond acceptors (Lipinski definition) is 4. The van der Waals surface area contributed by atoms with Gasteiger partial charge in [-0.15, -0.1) is 0 Å². The third kappa shape index (κ3) is 8.62. The van der Waals surface area contributed by atoms with Crippen molar-refractivity contribution in [3.05, 3.63) is 63.6 Å². The molecular weight excluding hydrogens is 533 g/mol. The molecule has 0 saturated heterocycles. The molecule has 37 heavy (non-hydrogen) atoms. The van der Waals surface area contributed by atoms with Crippen molar-refractivity contribution in [2.75, 3.05) is 23.7 Å². The molecule has 0 aliphatic carbocycles. The summed E-state index contributed by atoms with van der Waals surface area (Å²) in [6, 6.07) is 11.2. The highest BCUT2D eigenvalue weighted by Gasteiger charge is 2.32. The lowest BCUT2D eigenvalue weighted by Crippen LogP contribution is -2.52. The monoisotopic (exact) mass is 569 g/mol. The predicted octanol–water partition coefficient (Wildman–Crippen LogP) is 5.46. The largest absolute Gasteiger partial charge is 0.354 e. The maximum atomic E-state index is 13.8. The van der Waals surface area contributed by atoms with Crippen LogP contribution in [0.1, 0.15) is 58.1 Å². The smallest absolute Gasteiger partial charge is 0.244 e. The highest BCUT2D eigenvalue weighted by atomic mass is 35.5. The van der Waals surface area contributed by atoms with E-state index < -0.39 is 28.5 Å². The van der Waals surface area contributed by atoms with Gasteiger partial charge in [0.1, 0.15) is 12.6 Å². The van der Waals surface area contributed by atoms with Crippen LogP contribution in [0, 0.1) is 5.92 Å². The number of anilines is 1. The molecule has 0 aliphatic heterocycles. The van der Waals surface area contributed by atoms with Crippen molar-refractivity contribution in [1.29, 1.82) is 0 Å². The van der Waals surface area contributed by atoms with Crippen LogP contribution in [0.25, 0.3) is 0 Å². The second kappa shape index (κ2) is 13.5. The molecule has 1 N–H and O–H groups in total. The van der Waals surface area contributed by atoms with Crippen LogP contribution in [0.3, 0.4) is 0 Å². The summed E-state index contributed by atoms with van der Waals surface area (Å²) in [5, 5.41) is 3.59. The van der Waals surface area contributed by atoms with E-state index >= 15 is 0 Å². The van der Waals surface area contributed by atoms with Crippen LogP contribution in [0.5, 0.6) is 0 Å². The van der Waals surface area contributed by atoms with E-state index in [0.29, 0.717) is 34.3 Å². The van der Waals surface area contributed by atoms with E-state index in [0.717, 1.165) is 16.1 Å². The van der Waals surface area contributed by atoms with Crippen LogP contribution in [-0.2, 0) is 26.2 Å². The Labute approximate surface area is 231 Å². The number of hydrogen-bond donors (Lipinski definition) is 1. The van der Waals surface area contributed by atoms with Gasteiger partial charge in [0.25, 0.3) is 0 Å². The molecule has 0 radical (unpaired) electrons. The van der Waals surface area contributed by atoms with E-state index in [1.165, 1.54) is 4.90 Å². The summed E-state index contributed by atoms with van der Waals surface area (Å²) >= 11 is 12.8. The Morgan fingerprint density at radius 1 is 0.973 bits per heavy atom. The number of amides is 2. The molecule has 2 aromatic rings. The minimum Gasteiger partial charge on any atom is -0.354 e. The molecule has 10 heteroatoms. The van der Waals surface area contributed by atoms with Gasteiger partial charge in [0.2, 0.25) is 21.8 Å². The van der Waals surface area contributed by atoms with Crippen molar-refractivity contribution >= 4 is 50.7 Å².